The SMILES string of the molecule is CC(C)[C@@H]([NH2+]CC(=O)Nc1cc2[nH]c(=O)[nH]c2cc1Br)c1ccccc1. The molecule has 0 bridgehead atoms. The first-order chi connectivity index (χ1) is 12.4. The molecule has 6 nitrogen and oxygen atoms in total. The fourth-order valence-corrected chi connectivity index (χ4v) is 3.50. The highest BCUT2D eigenvalue weighted by Crippen LogP contribution is 2.26. The lowest BCUT2D eigenvalue weighted by molar-refractivity contribution is -0.692. The summed E-state index contributed by atoms with van der Waals surface area (Å²) in [5.41, 5.74) is 2.92. The molecular weight excluding hydrogens is 396 g/mol. The lowest BCUT2D eigenvalue weighted by atomic mass is 9.96. The summed E-state index contributed by atoms with van der Waals surface area (Å²) >= 11 is 3.43. The molecule has 3 aromatic rings. The van der Waals surface area contributed by atoms with Gasteiger partial charge in [0.25, 0.3) is 5.91 Å². The van der Waals surface area contributed by atoms with Crippen molar-refractivity contribution in [2.75, 3.05) is 11.9 Å². The number of hydrogen-bond donors (Lipinski definition) is 4. The normalized spacial score (nSPS) is 12.5. The molecule has 1 heterocycles. The molecule has 136 valence electrons. The van der Waals surface area contributed by atoms with E-state index in [4.69, 9.17) is 0 Å². The first-order valence-corrected chi connectivity index (χ1v) is 9.33. The van der Waals surface area contributed by atoms with Crippen LogP contribution in [0.15, 0.2) is 51.7 Å². The van der Waals surface area contributed by atoms with Gasteiger partial charge in [0.05, 0.1) is 16.7 Å². The number of H-pyrrole nitrogens is 2. The zero-order valence-electron chi connectivity index (χ0n) is 14.7. The van der Waals surface area contributed by atoms with Crippen molar-refractivity contribution < 1.29 is 10.1 Å². The fraction of sp³-hybridized carbons (Fsp3) is 0.263. The molecule has 5 N–H and O–H groups in total. The van der Waals surface area contributed by atoms with E-state index in [0.717, 1.165) is 4.47 Å². The number of hydrogen-bond acceptors (Lipinski definition) is 2. The Hall–Kier alpha value is -2.38. The number of imidazole rings is 1. The molecule has 1 aromatic heterocycles. The van der Waals surface area contributed by atoms with Crippen LogP contribution in [0.25, 0.3) is 11.0 Å². The number of nitrogens with two attached hydrogens (primary N) is 1. The van der Waals surface area contributed by atoms with Crippen LogP contribution in [0.5, 0.6) is 0 Å². The highest BCUT2D eigenvalue weighted by atomic mass is 79.9. The van der Waals surface area contributed by atoms with E-state index < -0.39 is 0 Å². The minimum absolute atomic E-state index is 0.0930. The summed E-state index contributed by atoms with van der Waals surface area (Å²) in [6.07, 6.45) is 0. The van der Waals surface area contributed by atoms with Crippen LogP contribution in [0.2, 0.25) is 0 Å². The number of anilines is 1. The van der Waals surface area contributed by atoms with E-state index >= 15 is 0 Å². The Morgan fingerprint density at radius 3 is 2.46 bits per heavy atom. The summed E-state index contributed by atoms with van der Waals surface area (Å²) in [5.74, 6) is 0.308. The van der Waals surface area contributed by atoms with Gasteiger partial charge in [0.15, 0.2) is 6.54 Å². The van der Waals surface area contributed by atoms with Gasteiger partial charge in [-0.3, -0.25) is 4.79 Å². The van der Waals surface area contributed by atoms with Crippen molar-refractivity contribution in [3.05, 3.63) is 63.0 Å². The summed E-state index contributed by atoms with van der Waals surface area (Å²) in [6.45, 7) is 4.61. The quantitative estimate of drug-likeness (QED) is 0.495. The lowest BCUT2D eigenvalue weighted by Gasteiger charge is -2.19. The summed E-state index contributed by atoms with van der Waals surface area (Å²) in [4.78, 5) is 29.2. The number of aromatic nitrogens is 2. The number of quaternary nitrogens is 1. The van der Waals surface area contributed by atoms with Crippen LogP contribution in [-0.4, -0.2) is 22.4 Å². The van der Waals surface area contributed by atoms with Crippen LogP contribution in [0, 0.1) is 5.92 Å². The standard InChI is InChI=1S/C19H21BrN4O2/c1-11(2)18(12-6-4-3-5-7-12)21-10-17(25)22-14-9-16-15(8-13(14)20)23-19(26)24-16/h3-9,11,18,21H,10H2,1-2H3,(H,22,25)(H2,23,24,26)/p+1/t18-/m1/s1. The van der Waals surface area contributed by atoms with E-state index in [1.165, 1.54) is 5.56 Å². The number of nitrogens with one attached hydrogen (secondary N) is 3. The van der Waals surface area contributed by atoms with Crippen molar-refractivity contribution in [3.63, 3.8) is 0 Å². The zero-order chi connectivity index (χ0) is 18.7. The van der Waals surface area contributed by atoms with Gasteiger partial charge in [-0.25, -0.2) is 4.79 Å². The molecule has 1 atom stereocenters. The monoisotopic (exact) mass is 417 g/mol. The third-order valence-corrected chi connectivity index (χ3v) is 4.99. The smallest absolute Gasteiger partial charge is 0.323 e. The molecular formula is C19H22BrN4O2+. The van der Waals surface area contributed by atoms with Crippen molar-refractivity contribution in [2.45, 2.75) is 19.9 Å². The molecule has 1 amide bonds. The predicted octanol–water partition coefficient (Wildman–Crippen LogP) is 2.52. The Labute approximate surface area is 159 Å². The number of halogens is 1. The van der Waals surface area contributed by atoms with Crippen molar-refractivity contribution in [1.29, 1.82) is 0 Å². The lowest BCUT2D eigenvalue weighted by Crippen LogP contribution is -2.88. The van der Waals surface area contributed by atoms with Gasteiger partial charge in [-0.15, -0.1) is 0 Å². The molecule has 0 spiro atoms. The second-order valence-corrected chi connectivity index (χ2v) is 7.48. The Kier molecular flexibility index (Phi) is 5.58. The second-order valence-electron chi connectivity index (χ2n) is 6.63. The van der Waals surface area contributed by atoms with Gasteiger partial charge in [0.1, 0.15) is 6.04 Å². The molecule has 0 fully saturated rings. The largest absolute Gasteiger partial charge is 0.332 e. The average molecular weight is 418 g/mol. The summed E-state index contributed by atoms with van der Waals surface area (Å²) in [7, 11) is 0. The van der Waals surface area contributed by atoms with Gasteiger partial charge in [0, 0.05) is 16.0 Å². The van der Waals surface area contributed by atoms with Crippen LogP contribution in [0.1, 0.15) is 25.5 Å². The maximum absolute atomic E-state index is 12.4. The fourth-order valence-electron chi connectivity index (χ4n) is 3.06. The number of carbonyl (C=O) groups excluding carboxylic acids is 1. The van der Waals surface area contributed by atoms with Gasteiger partial charge in [-0.1, -0.05) is 44.2 Å². The highest BCUT2D eigenvalue weighted by Gasteiger charge is 2.20. The van der Waals surface area contributed by atoms with Crippen molar-refractivity contribution in [2.24, 2.45) is 5.92 Å². The molecule has 0 saturated heterocycles. The third-order valence-electron chi connectivity index (χ3n) is 4.34. The molecule has 2 aromatic carbocycles. The molecule has 0 radical (unpaired) electrons. The van der Waals surface area contributed by atoms with Crippen LogP contribution in [-0.2, 0) is 4.79 Å². The molecule has 0 aliphatic rings. The minimum Gasteiger partial charge on any atom is -0.332 e. The Morgan fingerprint density at radius 2 is 1.81 bits per heavy atom. The van der Waals surface area contributed by atoms with Crippen LogP contribution >= 0.6 is 15.9 Å². The number of fused-ring (bicyclic) bond motifs is 1. The average Bonchev–Trinajstić information content (AvgIpc) is 2.95. The first-order valence-electron chi connectivity index (χ1n) is 8.53. The van der Waals surface area contributed by atoms with E-state index in [1.54, 1.807) is 12.1 Å². The van der Waals surface area contributed by atoms with Gasteiger partial charge in [0.2, 0.25) is 0 Å². The highest BCUT2D eigenvalue weighted by molar-refractivity contribution is 9.10. The second kappa shape index (κ2) is 7.88. The molecule has 0 unspecified atom stereocenters. The third kappa shape index (κ3) is 4.23. The molecule has 3 rings (SSSR count). The summed E-state index contributed by atoms with van der Waals surface area (Å²) in [6, 6.07) is 13.9. The Bertz CT molecular complexity index is 963. The first kappa shape index (κ1) is 18.4. The Morgan fingerprint density at radius 1 is 1.15 bits per heavy atom. The molecule has 0 aliphatic heterocycles. The van der Waals surface area contributed by atoms with Gasteiger partial charge in [-0.2, -0.15) is 0 Å². The number of benzene rings is 2. The topological polar surface area (TPSA) is 94.4 Å². The Balaban J connectivity index is 1.68. The molecule has 0 aliphatic carbocycles. The van der Waals surface area contributed by atoms with E-state index in [0.29, 0.717) is 29.2 Å². The summed E-state index contributed by atoms with van der Waals surface area (Å²) < 4.78 is 0.720. The number of aromatic amines is 2. The van der Waals surface area contributed by atoms with E-state index in [2.05, 4.69) is 62.5 Å². The number of rotatable bonds is 6. The molecule has 0 saturated carbocycles. The van der Waals surface area contributed by atoms with Gasteiger partial charge < -0.3 is 20.6 Å². The van der Waals surface area contributed by atoms with Crippen molar-refractivity contribution >= 4 is 38.6 Å². The van der Waals surface area contributed by atoms with Crippen molar-refractivity contribution in [3.8, 4) is 0 Å². The van der Waals surface area contributed by atoms with E-state index in [1.807, 2.05) is 18.2 Å². The van der Waals surface area contributed by atoms with Crippen LogP contribution < -0.4 is 16.3 Å². The predicted molar refractivity (Wildman–Crippen MR) is 106 cm³/mol. The van der Waals surface area contributed by atoms with Gasteiger partial charge in [-0.05, 0) is 28.1 Å². The number of carbonyl (C=O) groups is 1. The van der Waals surface area contributed by atoms with Gasteiger partial charge >= 0.3 is 5.69 Å². The zero-order valence-corrected chi connectivity index (χ0v) is 16.3. The van der Waals surface area contributed by atoms with Crippen molar-refractivity contribution in [1.82, 2.24) is 9.97 Å². The molecule has 7 heteroatoms. The maximum Gasteiger partial charge on any atom is 0.323 e. The van der Waals surface area contributed by atoms with E-state index in [9.17, 15) is 9.59 Å². The summed E-state index contributed by atoms with van der Waals surface area (Å²) in [5, 5.41) is 4.96. The minimum atomic E-state index is -0.272. The van der Waals surface area contributed by atoms with Crippen LogP contribution in [0.3, 0.4) is 0 Å². The molecule has 26 heavy (non-hydrogen) atoms. The maximum atomic E-state index is 12.4. The number of amides is 1. The van der Waals surface area contributed by atoms with Crippen LogP contribution in [0.4, 0.5) is 5.69 Å². The van der Waals surface area contributed by atoms with E-state index in [-0.39, 0.29) is 17.6 Å².